The fourth-order valence-corrected chi connectivity index (χ4v) is 1.45. The zero-order chi connectivity index (χ0) is 17.1. The summed E-state index contributed by atoms with van der Waals surface area (Å²) in [6.07, 6.45) is -8.86. The molecule has 1 rings (SSSR count). The Morgan fingerprint density at radius 1 is 1.45 bits per heavy atom. The molecular formula is C10H7F5N2O5. The Morgan fingerprint density at radius 3 is 2.45 bits per heavy atom. The van der Waals surface area contributed by atoms with E-state index in [4.69, 9.17) is 0 Å². The second-order valence-electron chi connectivity index (χ2n) is 3.56. The van der Waals surface area contributed by atoms with Gasteiger partial charge in [-0.2, -0.15) is 0 Å². The van der Waals surface area contributed by atoms with Crippen LogP contribution in [0.25, 0.3) is 0 Å². The molecule has 22 heavy (non-hydrogen) atoms. The van der Waals surface area contributed by atoms with Crippen molar-refractivity contribution >= 4 is 11.7 Å². The number of hydrogen-bond donors (Lipinski definition) is 0. The van der Waals surface area contributed by atoms with Gasteiger partial charge in [0, 0.05) is 0 Å². The van der Waals surface area contributed by atoms with Crippen molar-refractivity contribution in [3.63, 3.8) is 0 Å². The normalized spacial score (nSPS) is 11.4. The Morgan fingerprint density at radius 2 is 2.05 bits per heavy atom. The van der Waals surface area contributed by atoms with Crippen LogP contribution in [0.3, 0.4) is 0 Å². The highest BCUT2D eigenvalue weighted by atomic mass is 19.4. The summed E-state index contributed by atoms with van der Waals surface area (Å²) in [7, 11) is 0. The van der Waals surface area contributed by atoms with E-state index in [2.05, 4.69) is 14.5 Å². The molecule has 0 radical (unpaired) electrons. The fraction of sp³-hybridized carbons (Fsp3) is 0.400. The lowest BCUT2D eigenvalue weighted by Gasteiger charge is -2.14. The average molecular weight is 330 g/mol. The van der Waals surface area contributed by atoms with Crippen LogP contribution in [0, 0.1) is 10.1 Å². The first-order valence-electron chi connectivity index (χ1n) is 5.46. The van der Waals surface area contributed by atoms with Crippen molar-refractivity contribution in [1.82, 2.24) is 4.98 Å². The summed E-state index contributed by atoms with van der Waals surface area (Å²) >= 11 is 0. The van der Waals surface area contributed by atoms with Crippen molar-refractivity contribution in [1.29, 1.82) is 0 Å². The van der Waals surface area contributed by atoms with E-state index in [1.807, 2.05) is 0 Å². The highest BCUT2D eigenvalue weighted by molar-refractivity contribution is 5.96. The Balaban J connectivity index is 3.61. The van der Waals surface area contributed by atoms with E-state index in [0.29, 0.717) is 0 Å². The minimum Gasteiger partial charge on any atom is -0.462 e. The van der Waals surface area contributed by atoms with E-state index < -0.39 is 46.4 Å². The SMILES string of the molecule is CCOC(=O)c1c([N+](=O)[O-])cnc(OC(F)(F)F)c1C(F)F. The molecule has 1 aromatic rings. The number of esters is 1. The number of pyridine rings is 1. The summed E-state index contributed by atoms with van der Waals surface area (Å²) in [5.41, 5.74) is -4.22. The smallest absolute Gasteiger partial charge is 0.462 e. The van der Waals surface area contributed by atoms with Gasteiger partial charge >= 0.3 is 18.0 Å². The number of rotatable bonds is 5. The third-order valence-electron chi connectivity index (χ3n) is 2.17. The monoisotopic (exact) mass is 330 g/mol. The van der Waals surface area contributed by atoms with Crippen LogP contribution in [0.5, 0.6) is 5.88 Å². The van der Waals surface area contributed by atoms with Gasteiger partial charge in [0.05, 0.1) is 11.5 Å². The van der Waals surface area contributed by atoms with Crippen LogP contribution in [-0.4, -0.2) is 28.8 Å². The molecule has 0 bridgehead atoms. The maximum absolute atomic E-state index is 13.0. The number of ether oxygens (including phenoxy) is 2. The fourth-order valence-electron chi connectivity index (χ4n) is 1.45. The largest absolute Gasteiger partial charge is 0.574 e. The number of halogens is 5. The van der Waals surface area contributed by atoms with Gasteiger partial charge in [0.25, 0.3) is 6.43 Å². The van der Waals surface area contributed by atoms with Crippen LogP contribution in [-0.2, 0) is 4.74 Å². The number of hydrogen-bond acceptors (Lipinski definition) is 6. The van der Waals surface area contributed by atoms with Crippen molar-refractivity contribution < 1.29 is 41.1 Å². The quantitative estimate of drug-likeness (QED) is 0.357. The van der Waals surface area contributed by atoms with Crippen LogP contribution in [0.1, 0.15) is 29.3 Å². The molecule has 12 heteroatoms. The van der Waals surface area contributed by atoms with Gasteiger partial charge in [0.15, 0.2) is 5.56 Å². The van der Waals surface area contributed by atoms with Crippen LogP contribution in [0.15, 0.2) is 6.20 Å². The number of nitrogens with zero attached hydrogens (tertiary/aromatic N) is 2. The molecular weight excluding hydrogens is 323 g/mol. The first-order valence-corrected chi connectivity index (χ1v) is 5.46. The number of carbonyl (C=O) groups is 1. The molecule has 0 aromatic carbocycles. The van der Waals surface area contributed by atoms with Crippen molar-refractivity contribution in [2.24, 2.45) is 0 Å². The van der Waals surface area contributed by atoms with Crippen LogP contribution >= 0.6 is 0 Å². The van der Waals surface area contributed by atoms with Crippen molar-refractivity contribution in [2.75, 3.05) is 6.61 Å². The van der Waals surface area contributed by atoms with E-state index in [-0.39, 0.29) is 12.8 Å². The number of nitro groups is 1. The highest BCUT2D eigenvalue weighted by Crippen LogP contribution is 2.38. The van der Waals surface area contributed by atoms with Gasteiger partial charge in [-0.1, -0.05) is 0 Å². The minimum absolute atomic E-state index is 0.208. The first-order chi connectivity index (χ1) is 10.1. The molecule has 0 aliphatic carbocycles. The summed E-state index contributed by atoms with van der Waals surface area (Å²) in [5, 5.41) is 10.8. The molecule has 122 valence electrons. The van der Waals surface area contributed by atoms with Gasteiger partial charge < -0.3 is 9.47 Å². The maximum atomic E-state index is 13.0. The standard InChI is InChI=1S/C10H7F5N2O5/c1-2-21-9(18)5-4(17(19)20)3-16-8(6(5)7(11)12)22-10(13,14)15/h3,7H,2H2,1H3. The second-order valence-corrected chi connectivity index (χ2v) is 3.56. The van der Waals surface area contributed by atoms with E-state index in [1.165, 1.54) is 6.92 Å². The van der Waals surface area contributed by atoms with E-state index in [9.17, 15) is 36.9 Å². The summed E-state index contributed by atoms with van der Waals surface area (Å²) in [5.74, 6) is -3.24. The molecule has 1 aromatic heterocycles. The molecule has 0 N–H and O–H groups in total. The maximum Gasteiger partial charge on any atom is 0.574 e. The summed E-state index contributed by atoms with van der Waals surface area (Å²) in [6.45, 7) is 0.941. The van der Waals surface area contributed by atoms with Crippen molar-refractivity contribution in [2.45, 2.75) is 19.7 Å². The molecule has 0 saturated carbocycles. The molecule has 0 amide bonds. The third-order valence-corrected chi connectivity index (χ3v) is 2.17. The van der Waals surface area contributed by atoms with Gasteiger partial charge in [-0.3, -0.25) is 10.1 Å². The highest BCUT2D eigenvalue weighted by Gasteiger charge is 2.39. The Labute approximate surface area is 118 Å². The zero-order valence-corrected chi connectivity index (χ0v) is 10.7. The second kappa shape index (κ2) is 6.49. The molecule has 0 fully saturated rings. The predicted molar refractivity (Wildman–Crippen MR) is 58.5 cm³/mol. The van der Waals surface area contributed by atoms with E-state index in [0.717, 1.165) is 0 Å². The van der Waals surface area contributed by atoms with E-state index in [1.54, 1.807) is 0 Å². The molecule has 0 aliphatic rings. The topological polar surface area (TPSA) is 91.6 Å². The average Bonchev–Trinajstić information content (AvgIpc) is 2.35. The molecule has 7 nitrogen and oxygen atoms in total. The lowest BCUT2D eigenvalue weighted by molar-refractivity contribution is -0.385. The molecule has 1 heterocycles. The molecule has 0 unspecified atom stereocenters. The number of alkyl halides is 5. The van der Waals surface area contributed by atoms with Gasteiger partial charge in [0.2, 0.25) is 5.88 Å². The Hall–Kier alpha value is -2.53. The van der Waals surface area contributed by atoms with Gasteiger partial charge in [-0.25, -0.2) is 18.6 Å². The van der Waals surface area contributed by atoms with Crippen LogP contribution in [0.2, 0.25) is 0 Å². The summed E-state index contributed by atoms with van der Waals surface area (Å²) in [4.78, 5) is 23.9. The summed E-state index contributed by atoms with van der Waals surface area (Å²) < 4.78 is 70.1. The first kappa shape index (κ1) is 17.5. The van der Waals surface area contributed by atoms with Crippen LogP contribution < -0.4 is 4.74 Å². The number of aromatic nitrogens is 1. The minimum atomic E-state index is -5.38. The lowest BCUT2D eigenvalue weighted by atomic mass is 10.1. The van der Waals surface area contributed by atoms with Gasteiger partial charge in [-0.05, 0) is 6.92 Å². The predicted octanol–water partition coefficient (Wildman–Crippen LogP) is 3.00. The van der Waals surface area contributed by atoms with Crippen molar-refractivity contribution in [3.05, 3.63) is 27.4 Å². The van der Waals surface area contributed by atoms with Gasteiger partial charge in [-0.15, -0.1) is 13.2 Å². The van der Waals surface area contributed by atoms with Gasteiger partial charge in [0.1, 0.15) is 11.8 Å². The summed E-state index contributed by atoms with van der Waals surface area (Å²) in [6, 6.07) is 0. The zero-order valence-electron chi connectivity index (χ0n) is 10.7. The Kier molecular flexibility index (Phi) is 5.17. The lowest BCUT2D eigenvalue weighted by Crippen LogP contribution is -2.21. The number of carbonyl (C=O) groups excluding carboxylic acids is 1. The molecule has 0 spiro atoms. The van der Waals surface area contributed by atoms with Crippen LogP contribution in [0.4, 0.5) is 27.6 Å². The third kappa shape index (κ3) is 3.99. The molecule has 0 saturated heterocycles. The van der Waals surface area contributed by atoms with Crippen molar-refractivity contribution in [3.8, 4) is 5.88 Å². The van der Waals surface area contributed by atoms with E-state index >= 15 is 0 Å². The molecule has 0 atom stereocenters. The Bertz CT molecular complexity index is 590. The molecule has 0 aliphatic heterocycles.